The van der Waals surface area contributed by atoms with Gasteiger partial charge >= 0.3 is 0 Å². The molecule has 5 nitrogen and oxygen atoms in total. The minimum atomic E-state index is -0.764. The molecule has 6 heteroatoms. The van der Waals surface area contributed by atoms with Gasteiger partial charge in [0.1, 0.15) is 18.2 Å². The Morgan fingerprint density at radius 2 is 2.10 bits per heavy atom. The zero-order valence-electron chi connectivity index (χ0n) is 11.2. The summed E-state index contributed by atoms with van der Waals surface area (Å²) in [5, 5.41) is 16.4. The predicted octanol–water partition coefficient (Wildman–Crippen LogP) is 2.87. The van der Waals surface area contributed by atoms with Crippen molar-refractivity contribution in [1.29, 1.82) is 0 Å². The Hall–Kier alpha value is -2.47. The van der Waals surface area contributed by atoms with E-state index in [4.69, 9.17) is 4.42 Å². The lowest BCUT2D eigenvalue weighted by molar-refractivity contribution is 0.158. The summed E-state index contributed by atoms with van der Waals surface area (Å²) >= 11 is 0. The lowest BCUT2D eigenvalue weighted by atomic mass is 10.00. The summed E-state index contributed by atoms with van der Waals surface area (Å²) in [4.78, 5) is 3.91. The Morgan fingerprint density at radius 3 is 2.86 bits per heavy atom. The largest absolute Gasteiger partial charge is 0.472 e. The molecule has 0 aliphatic heterocycles. The number of hydrogen-bond acceptors (Lipinski definition) is 4. The highest BCUT2D eigenvalue weighted by Crippen LogP contribution is 2.29. The molecule has 0 fully saturated rings. The number of nitrogens with one attached hydrogen (secondary N) is 1. The third-order valence-electron chi connectivity index (χ3n) is 3.32. The van der Waals surface area contributed by atoms with Gasteiger partial charge in [0.2, 0.25) is 0 Å². The monoisotopic (exact) mass is 287 g/mol. The number of nitrogens with zero attached hydrogens (tertiary/aromatic N) is 2. The van der Waals surface area contributed by atoms with Crippen LogP contribution in [0.25, 0.3) is 11.1 Å². The van der Waals surface area contributed by atoms with Crippen molar-refractivity contribution in [2.24, 2.45) is 0 Å². The van der Waals surface area contributed by atoms with Gasteiger partial charge in [-0.25, -0.2) is 9.37 Å². The first-order valence-electron chi connectivity index (χ1n) is 6.59. The van der Waals surface area contributed by atoms with E-state index >= 15 is 0 Å². The minimum absolute atomic E-state index is 0.297. The molecule has 3 rings (SSSR count). The number of furan rings is 1. The van der Waals surface area contributed by atoms with Crippen LogP contribution in [0.5, 0.6) is 0 Å². The van der Waals surface area contributed by atoms with E-state index in [2.05, 4.69) is 15.2 Å². The summed E-state index contributed by atoms with van der Waals surface area (Å²) in [5.74, 6) is 0.0561. The van der Waals surface area contributed by atoms with Crippen molar-refractivity contribution in [3.8, 4) is 11.1 Å². The van der Waals surface area contributed by atoms with E-state index in [9.17, 15) is 9.50 Å². The van der Waals surface area contributed by atoms with Crippen LogP contribution < -0.4 is 0 Å². The SMILES string of the molecule is OC(CCc1cocc1-c1ccccc1F)c1nc[nH]n1. The van der Waals surface area contributed by atoms with Gasteiger partial charge in [-0.3, -0.25) is 5.10 Å². The number of halogens is 1. The van der Waals surface area contributed by atoms with Crippen LogP contribution in [0.3, 0.4) is 0 Å². The third-order valence-corrected chi connectivity index (χ3v) is 3.32. The van der Waals surface area contributed by atoms with E-state index in [1.807, 2.05) is 0 Å². The summed E-state index contributed by atoms with van der Waals surface area (Å²) in [6.45, 7) is 0. The maximum atomic E-state index is 13.8. The fourth-order valence-corrected chi connectivity index (χ4v) is 2.23. The van der Waals surface area contributed by atoms with Crippen LogP contribution in [0.15, 0.2) is 47.5 Å². The molecule has 0 spiro atoms. The molecular weight excluding hydrogens is 273 g/mol. The number of aromatic amines is 1. The molecule has 0 aliphatic rings. The van der Waals surface area contributed by atoms with Crippen LogP contribution >= 0.6 is 0 Å². The molecule has 0 saturated carbocycles. The van der Waals surface area contributed by atoms with Gasteiger partial charge in [-0.15, -0.1) is 0 Å². The Morgan fingerprint density at radius 1 is 1.24 bits per heavy atom. The highest BCUT2D eigenvalue weighted by atomic mass is 19.1. The van der Waals surface area contributed by atoms with Crippen LogP contribution in [-0.2, 0) is 6.42 Å². The molecule has 21 heavy (non-hydrogen) atoms. The van der Waals surface area contributed by atoms with Crippen molar-refractivity contribution in [1.82, 2.24) is 15.2 Å². The normalized spacial score (nSPS) is 12.5. The molecule has 0 saturated heterocycles. The number of aliphatic hydroxyl groups is 1. The second-order valence-corrected chi connectivity index (χ2v) is 4.70. The first kappa shape index (κ1) is 13.5. The molecule has 2 heterocycles. The molecule has 0 amide bonds. The minimum Gasteiger partial charge on any atom is -0.472 e. The Kier molecular flexibility index (Phi) is 3.79. The Balaban J connectivity index is 1.76. The predicted molar refractivity (Wildman–Crippen MR) is 73.8 cm³/mol. The number of hydrogen-bond donors (Lipinski definition) is 2. The number of H-pyrrole nitrogens is 1. The second kappa shape index (κ2) is 5.88. The smallest absolute Gasteiger partial charge is 0.178 e. The molecule has 0 aliphatic carbocycles. The van der Waals surface area contributed by atoms with E-state index < -0.39 is 6.10 Å². The highest BCUT2D eigenvalue weighted by molar-refractivity contribution is 5.66. The first-order valence-corrected chi connectivity index (χ1v) is 6.59. The van der Waals surface area contributed by atoms with Crippen molar-refractivity contribution in [2.75, 3.05) is 0 Å². The van der Waals surface area contributed by atoms with Crippen molar-refractivity contribution < 1.29 is 13.9 Å². The van der Waals surface area contributed by atoms with E-state index in [1.54, 1.807) is 24.5 Å². The van der Waals surface area contributed by atoms with Gasteiger partial charge in [-0.1, -0.05) is 18.2 Å². The molecule has 2 N–H and O–H groups in total. The van der Waals surface area contributed by atoms with Crippen molar-refractivity contribution in [2.45, 2.75) is 18.9 Å². The molecule has 108 valence electrons. The van der Waals surface area contributed by atoms with Crippen LogP contribution in [0.4, 0.5) is 4.39 Å². The highest BCUT2D eigenvalue weighted by Gasteiger charge is 2.15. The molecule has 1 atom stereocenters. The fourth-order valence-electron chi connectivity index (χ4n) is 2.23. The standard InChI is InChI=1S/C15H14FN3O2/c16-13-4-2-1-3-11(13)12-8-21-7-10(12)5-6-14(20)15-17-9-18-19-15/h1-4,7-9,14,20H,5-6H2,(H,17,18,19). The second-order valence-electron chi connectivity index (χ2n) is 4.70. The Bertz CT molecular complexity index is 709. The molecule has 1 aromatic carbocycles. The van der Waals surface area contributed by atoms with Gasteiger partial charge in [0.05, 0.1) is 12.5 Å². The summed E-state index contributed by atoms with van der Waals surface area (Å²) in [5.41, 5.74) is 2.04. The van der Waals surface area contributed by atoms with Gasteiger partial charge in [-0.2, -0.15) is 5.10 Å². The molecule has 0 radical (unpaired) electrons. The summed E-state index contributed by atoms with van der Waals surface area (Å²) in [7, 11) is 0. The first-order chi connectivity index (χ1) is 10.3. The summed E-state index contributed by atoms with van der Waals surface area (Å²) in [6.07, 6.45) is 4.72. The zero-order chi connectivity index (χ0) is 14.7. The van der Waals surface area contributed by atoms with Gasteiger partial charge in [0, 0.05) is 11.1 Å². The quantitative estimate of drug-likeness (QED) is 0.756. The maximum absolute atomic E-state index is 13.8. The van der Waals surface area contributed by atoms with Crippen molar-refractivity contribution in [3.63, 3.8) is 0 Å². The van der Waals surface area contributed by atoms with Crippen LogP contribution in [0, 0.1) is 5.82 Å². The van der Waals surface area contributed by atoms with Crippen LogP contribution in [-0.4, -0.2) is 20.3 Å². The lowest BCUT2D eigenvalue weighted by Crippen LogP contribution is -2.02. The maximum Gasteiger partial charge on any atom is 0.178 e. The van der Waals surface area contributed by atoms with E-state index in [0.29, 0.717) is 29.8 Å². The topological polar surface area (TPSA) is 74.9 Å². The molecule has 3 aromatic rings. The Labute approximate surface area is 120 Å². The molecule has 0 bridgehead atoms. The van der Waals surface area contributed by atoms with E-state index in [0.717, 1.165) is 5.56 Å². The molecular formula is C15H14FN3O2. The molecule has 1 unspecified atom stereocenters. The van der Waals surface area contributed by atoms with Gasteiger partial charge in [0.15, 0.2) is 5.82 Å². The number of aryl methyl sites for hydroxylation is 1. The summed E-state index contributed by atoms with van der Waals surface area (Å²) < 4.78 is 19.0. The average molecular weight is 287 g/mol. The number of aliphatic hydroxyl groups excluding tert-OH is 1. The molecule has 2 aromatic heterocycles. The zero-order valence-corrected chi connectivity index (χ0v) is 11.2. The van der Waals surface area contributed by atoms with Gasteiger partial charge in [0.25, 0.3) is 0 Å². The fraction of sp³-hybridized carbons (Fsp3) is 0.200. The van der Waals surface area contributed by atoms with Crippen molar-refractivity contribution >= 4 is 0 Å². The third kappa shape index (κ3) is 2.85. The van der Waals surface area contributed by atoms with Gasteiger partial charge in [-0.05, 0) is 24.5 Å². The number of aromatic nitrogens is 3. The lowest BCUT2D eigenvalue weighted by Gasteiger charge is -2.07. The average Bonchev–Trinajstić information content (AvgIpc) is 3.17. The number of rotatable bonds is 5. The van der Waals surface area contributed by atoms with Crippen molar-refractivity contribution in [3.05, 3.63) is 60.3 Å². The number of benzene rings is 1. The van der Waals surface area contributed by atoms with Crippen LogP contribution in [0.1, 0.15) is 23.9 Å². The van der Waals surface area contributed by atoms with E-state index in [-0.39, 0.29) is 5.82 Å². The van der Waals surface area contributed by atoms with Gasteiger partial charge < -0.3 is 9.52 Å². The van der Waals surface area contributed by atoms with Crippen LogP contribution in [0.2, 0.25) is 0 Å². The summed E-state index contributed by atoms with van der Waals surface area (Å²) in [6, 6.07) is 6.53. The van der Waals surface area contributed by atoms with E-state index in [1.165, 1.54) is 18.7 Å².